The van der Waals surface area contributed by atoms with Crippen LogP contribution in [0, 0.1) is 5.41 Å². The summed E-state index contributed by atoms with van der Waals surface area (Å²) in [7, 11) is 0. The molecule has 0 aliphatic carbocycles. The molecule has 8 heteroatoms. The van der Waals surface area contributed by atoms with Gasteiger partial charge in [-0.15, -0.1) is 5.10 Å². The molecule has 8 nitrogen and oxygen atoms in total. The highest BCUT2D eigenvalue weighted by molar-refractivity contribution is 6.08. The third-order valence-electron chi connectivity index (χ3n) is 3.27. The van der Waals surface area contributed by atoms with Crippen molar-refractivity contribution in [1.82, 2.24) is 30.3 Å². The molecule has 3 rings (SSSR count). The van der Waals surface area contributed by atoms with Gasteiger partial charge in [0.15, 0.2) is 11.2 Å². The van der Waals surface area contributed by atoms with E-state index in [1.807, 2.05) is 37.4 Å². The Morgan fingerprint density at radius 2 is 2.13 bits per heavy atom. The van der Waals surface area contributed by atoms with Crippen LogP contribution in [-0.2, 0) is 0 Å². The zero-order valence-corrected chi connectivity index (χ0v) is 12.6. The van der Waals surface area contributed by atoms with Crippen molar-refractivity contribution in [2.24, 2.45) is 0 Å². The molecule has 4 N–H and O–H groups in total. The second-order valence-electron chi connectivity index (χ2n) is 4.79. The minimum atomic E-state index is 0.178. The summed E-state index contributed by atoms with van der Waals surface area (Å²) in [6, 6.07) is 7.62. The highest BCUT2D eigenvalue weighted by Gasteiger charge is 2.09. The zero-order valence-electron chi connectivity index (χ0n) is 12.6. The van der Waals surface area contributed by atoms with Gasteiger partial charge in [0.05, 0.1) is 11.9 Å². The minimum Gasteiger partial charge on any atom is -0.391 e. The number of nitrogens with one attached hydrogen (secondary N) is 2. The van der Waals surface area contributed by atoms with Crippen LogP contribution >= 0.6 is 0 Å². The Labute approximate surface area is 132 Å². The molecule has 0 atom stereocenters. The summed E-state index contributed by atoms with van der Waals surface area (Å²) >= 11 is 0. The standard InChI is InChI=1S/C15H16N8/c1-2-18-8-11(7-16)10-3-5-12(6-4-10)23-14-13(21-22-23)9-19-15(17)20-14/h3-9,16,18H,2H2,1H3,(H2,17,19,20)/b11-8+,16-7?. The molecule has 23 heavy (non-hydrogen) atoms. The fourth-order valence-corrected chi connectivity index (χ4v) is 2.13. The van der Waals surface area contributed by atoms with E-state index in [0.717, 1.165) is 23.4 Å². The van der Waals surface area contributed by atoms with Crippen LogP contribution in [0.4, 0.5) is 5.95 Å². The van der Waals surface area contributed by atoms with Crippen molar-refractivity contribution >= 4 is 28.9 Å². The summed E-state index contributed by atoms with van der Waals surface area (Å²) in [6.45, 7) is 2.81. The Morgan fingerprint density at radius 3 is 2.83 bits per heavy atom. The molecule has 116 valence electrons. The molecular weight excluding hydrogens is 292 g/mol. The molecule has 1 aromatic carbocycles. The number of nitrogen functional groups attached to an aromatic ring is 1. The summed E-state index contributed by atoms with van der Waals surface area (Å²) < 4.78 is 1.61. The molecular formula is C15H16N8. The Balaban J connectivity index is 1.98. The van der Waals surface area contributed by atoms with Gasteiger partial charge >= 0.3 is 0 Å². The number of hydrogen-bond acceptors (Lipinski definition) is 7. The molecule has 0 aliphatic rings. The van der Waals surface area contributed by atoms with Gasteiger partial charge in [0, 0.05) is 24.5 Å². The molecule has 0 saturated carbocycles. The van der Waals surface area contributed by atoms with E-state index in [9.17, 15) is 0 Å². The van der Waals surface area contributed by atoms with E-state index in [1.165, 1.54) is 6.21 Å². The van der Waals surface area contributed by atoms with Crippen molar-refractivity contribution in [2.45, 2.75) is 6.92 Å². The van der Waals surface area contributed by atoms with Crippen LogP contribution in [0.15, 0.2) is 36.7 Å². The molecule has 0 spiro atoms. The first-order valence-corrected chi connectivity index (χ1v) is 7.11. The number of nitrogens with zero attached hydrogens (tertiary/aromatic N) is 5. The van der Waals surface area contributed by atoms with Crippen LogP contribution in [0.3, 0.4) is 0 Å². The van der Waals surface area contributed by atoms with E-state index in [-0.39, 0.29) is 5.95 Å². The van der Waals surface area contributed by atoms with E-state index in [0.29, 0.717) is 11.2 Å². The summed E-state index contributed by atoms with van der Waals surface area (Å²) in [6.07, 6.45) is 4.68. The SMILES string of the molecule is CCN/C=C(\C=N)c1ccc(-n2nnc3cnc(N)nc32)cc1. The molecule has 0 fully saturated rings. The van der Waals surface area contributed by atoms with Crippen molar-refractivity contribution in [1.29, 1.82) is 5.41 Å². The highest BCUT2D eigenvalue weighted by Crippen LogP contribution is 2.18. The topological polar surface area (TPSA) is 118 Å². The van der Waals surface area contributed by atoms with Crippen LogP contribution < -0.4 is 11.1 Å². The molecule has 0 unspecified atom stereocenters. The molecule has 0 radical (unpaired) electrons. The Morgan fingerprint density at radius 1 is 1.35 bits per heavy atom. The number of hydrogen-bond donors (Lipinski definition) is 3. The van der Waals surface area contributed by atoms with Gasteiger partial charge in [0.2, 0.25) is 5.95 Å². The predicted octanol–water partition coefficient (Wildman–Crippen LogP) is 1.39. The van der Waals surface area contributed by atoms with Crippen molar-refractivity contribution in [3.63, 3.8) is 0 Å². The van der Waals surface area contributed by atoms with Gasteiger partial charge < -0.3 is 16.5 Å². The summed E-state index contributed by atoms with van der Waals surface area (Å²) in [5.41, 5.74) is 9.30. The third kappa shape index (κ3) is 2.86. The van der Waals surface area contributed by atoms with Crippen LogP contribution in [0.5, 0.6) is 0 Å². The lowest BCUT2D eigenvalue weighted by molar-refractivity contribution is 0.817. The second kappa shape index (κ2) is 6.22. The lowest BCUT2D eigenvalue weighted by Crippen LogP contribution is -2.04. The zero-order chi connectivity index (χ0) is 16.2. The fraction of sp³-hybridized carbons (Fsp3) is 0.133. The van der Waals surface area contributed by atoms with E-state index >= 15 is 0 Å². The first kappa shape index (κ1) is 14.6. The first-order chi connectivity index (χ1) is 11.2. The van der Waals surface area contributed by atoms with E-state index in [2.05, 4.69) is 25.6 Å². The first-order valence-electron chi connectivity index (χ1n) is 7.11. The number of rotatable bonds is 5. The molecule has 0 bridgehead atoms. The summed E-state index contributed by atoms with van der Waals surface area (Å²) in [5, 5.41) is 18.7. The van der Waals surface area contributed by atoms with Crippen LogP contribution in [-0.4, -0.2) is 37.7 Å². The largest absolute Gasteiger partial charge is 0.391 e. The average molecular weight is 308 g/mol. The Bertz CT molecular complexity index is 863. The number of nitrogens with two attached hydrogens (primary N) is 1. The predicted molar refractivity (Wildman–Crippen MR) is 89.3 cm³/mol. The van der Waals surface area contributed by atoms with Gasteiger partial charge in [-0.25, -0.2) is 4.98 Å². The van der Waals surface area contributed by atoms with Gasteiger partial charge in [-0.05, 0) is 24.6 Å². The highest BCUT2D eigenvalue weighted by atomic mass is 15.4. The van der Waals surface area contributed by atoms with Gasteiger partial charge in [-0.2, -0.15) is 9.67 Å². The van der Waals surface area contributed by atoms with Crippen LogP contribution in [0.2, 0.25) is 0 Å². The average Bonchev–Trinajstić information content (AvgIpc) is 2.99. The van der Waals surface area contributed by atoms with Gasteiger partial charge in [0.25, 0.3) is 0 Å². The van der Waals surface area contributed by atoms with Gasteiger partial charge in [-0.1, -0.05) is 17.3 Å². The molecule has 0 aliphatic heterocycles. The number of aromatic nitrogens is 5. The maximum absolute atomic E-state index is 7.51. The normalized spacial score (nSPS) is 11.6. The monoisotopic (exact) mass is 308 g/mol. The maximum atomic E-state index is 7.51. The fourth-order valence-electron chi connectivity index (χ4n) is 2.13. The molecule has 3 aromatic rings. The number of anilines is 1. The van der Waals surface area contributed by atoms with Gasteiger partial charge in [-0.3, -0.25) is 0 Å². The van der Waals surface area contributed by atoms with Crippen LogP contribution in [0.25, 0.3) is 22.4 Å². The molecule has 2 aromatic heterocycles. The van der Waals surface area contributed by atoms with Crippen molar-refractivity contribution in [3.8, 4) is 5.69 Å². The quantitative estimate of drug-likeness (QED) is 0.613. The van der Waals surface area contributed by atoms with E-state index in [4.69, 9.17) is 11.1 Å². The van der Waals surface area contributed by atoms with E-state index in [1.54, 1.807) is 10.9 Å². The molecule has 0 saturated heterocycles. The minimum absolute atomic E-state index is 0.178. The maximum Gasteiger partial charge on any atom is 0.222 e. The number of allylic oxidation sites excluding steroid dienone is 1. The lowest BCUT2D eigenvalue weighted by atomic mass is 10.1. The van der Waals surface area contributed by atoms with E-state index < -0.39 is 0 Å². The second-order valence-corrected chi connectivity index (χ2v) is 4.79. The number of benzene rings is 1. The van der Waals surface area contributed by atoms with Crippen molar-refractivity contribution in [2.75, 3.05) is 12.3 Å². The summed E-state index contributed by atoms with van der Waals surface area (Å²) in [5.74, 6) is 0.178. The van der Waals surface area contributed by atoms with Crippen molar-refractivity contribution < 1.29 is 0 Å². The van der Waals surface area contributed by atoms with Gasteiger partial charge in [0.1, 0.15) is 0 Å². The van der Waals surface area contributed by atoms with Crippen molar-refractivity contribution in [3.05, 3.63) is 42.2 Å². The molecule has 2 heterocycles. The lowest BCUT2D eigenvalue weighted by Gasteiger charge is -2.06. The smallest absolute Gasteiger partial charge is 0.222 e. The Kier molecular flexibility index (Phi) is 3.96. The molecule has 0 amide bonds. The Hall–Kier alpha value is -3.29. The van der Waals surface area contributed by atoms with Crippen LogP contribution in [0.1, 0.15) is 12.5 Å². The number of fused-ring (bicyclic) bond motifs is 1. The summed E-state index contributed by atoms with van der Waals surface area (Å²) in [4.78, 5) is 8.08. The third-order valence-corrected chi connectivity index (χ3v) is 3.27.